The van der Waals surface area contributed by atoms with E-state index in [9.17, 15) is 0 Å². The van der Waals surface area contributed by atoms with Gasteiger partial charge in [-0.3, -0.25) is 0 Å². The van der Waals surface area contributed by atoms with Gasteiger partial charge in [-0.2, -0.15) is 0 Å². The molecular weight excluding hydrogens is 174 g/mol. The highest BCUT2D eigenvalue weighted by atomic mass is 32.1. The van der Waals surface area contributed by atoms with Crippen molar-refractivity contribution in [3.63, 3.8) is 0 Å². The van der Waals surface area contributed by atoms with Crippen LogP contribution in [0.25, 0.3) is 0 Å². The molecule has 0 fully saturated rings. The van der Waals surface area contributed by atoms with Crippen LogP contribution in [0.2, 0.25) is 0 Å². The Morgan fingerprint density at radius 3 is 2.92 bits per heavy atom. The van der Waals surface area contributed by atoms with Crippen LogP contribution < -0.4 is 5.32 Å². The second kappa shape index (κ2) is 4.49. The van der Waals surface area contributed by atoms with Crippen molar-refractivity contribution in [3.8, 4) is 0 Å². The highest BCUT2D eigenvalue weighted by Gasteiger charge is 2.04. The van der Waals surface area contributed by atoms with Gasteiger partial charge in [-0.25, -0.2) is 0 Å². The fourth-order valence-electron chi connectivity index (χ4n) is 0.744. The average molecular weight is 187 g/mol. The smallest absolute Gasteiger partial charge is 0.0769 e. The van der Waals surface area contributed by atoms with Crippen molar-refractivity contribution in [2.75, 3.05) is 6.61 Å². The van der Waals surface area contributed by atoms with Crippen LogP contribution >= 0.6 is 11.5 Å². The summed E-state index contributed by atoms with van der Waals surface area (Å²) < 4.78 is 3.81. The number of nitrogens with zero attached hydrogens (tertiary/aromatic N) is 2. The van der Waals surface area contributed by atoms with Crippen LogP contribution in [-0.2, 0) is 6.54 Å². The van der Waals surface area contributed by atoms with Crippen molar-refractivity contribution >= 4 is 11.5 Å². The van der Waals surface area contributed by atoms with Gasteiger partial charge >= 0.3 is 0 Å². The Balaban J connectivity index is 2.38. The van der Waals surface area contributed by atoms with Crippen molar-refractivity contribution in [3.05, 3.63) is 10.6 Å². The molecule has 5 heteroatoms. The molecule has 2 N–H and O–H groups in total. The van der Waals surface area contributed by atoms with Crippen molar-refractivity contribution in [1.82, 2.24) is 14.9 Å². The highest BCUT2D eigenvalue weighted by Crippen LogP contribution is 2.08. The molecule has 0 radical (unpaired) electrons. The van der Waals surface area contributed by atoms with Crippen molar-refractivity contribution < 1.29 is 5.11 Å². The monoisotopic (exact) mass is 187 g/mol. The van der Waals surface area contributed by atoms with Crippen LogP contribution in [0.5, 0.6) is 0 Å². The number of aryl methyl sites for hydroxylation is 1. The maximum absolute atomic E-state index is 8.74. The minimum atomic E-state index is 0.131. The lowest BCUT2D eigenvalue weighted by Gasteiger charge is -2.08. The molecule has 0 bridgehead atoms. The molecule has 0 amide bonds. The third kappa shape index (κ3) is 2.51. The number of aliphatic hydroxyl groups is 1. The summed E-state index contributed by atoms with van der Waals surface area (Å²) >= 11 is 1.40. The van der Waals surface area contributed by atoms with E-state index in [1.54, 1.807) is 0 Å². The van der Waals surface area contributed by atoms with Crippen molar-refractivity contribution in [2.24, 2.45) is 0 Å². The third-order valence-corrected chi connectivity index (χ3v) is 2.45. The lowest BCUT2D eigenvalue weighted by Crippen LogP contribution is -2.28. The Morgan fingerprint density at radius 2 is 2.42 bits per heavy atom. The van der Waals surface area contributed by atoms with Crippen LogP contribution in [0.15, 0.2) is 0 Å². The minimum absolute atomic E-state index is 0.131. The van der Waals surface area contributed by atoms with E-state index >= 15 is 0 Å². The number of nitrogens with one attached hydrogen (secondary N) is 1. The summed E-state index contributed by atoms with van der Waals surface area (Å²) in [5.41, 5.74) is 0.970. The van der Waals surface area contributed by atoms with Gasteiger partial charge in [0.15, 0.2) is 0 Å². The molecule has 0 aliphatic rings. The van der Waals surface area contributed by atoms with E-state index < -0.39 is 0 Å². The summed E-state index contributed by atoms with van der Waals surface area (Å²) in [6, 6.07) is 0.131. The molecule has 0 aliphatic heterocycles. The molecule has 4 nitrogen and oxygen atoms in total. The Labute approximate surface area is 75.8 Å². The van der Waals surface area contributed by atoms with Gasteiger partial charge in [0.2, 0.25) is 0 Å². The molecule has 1 heterocycles. The molecule has 0 aliphatic carbocycles. The average Bonchev–Trinajstić information content (AvgIpc) is 2.47. The zero-order valence-corrected chi connectivity index (χ0v) is 8.06. The minimum Gasteiger partial charge on any atom is -0.395 e. The zero-order valence-electron chi connectivity index (χ0n) is 7.24. The molecule has 0 saturated carbocycles. The van der Waals surface area contributed by atoms with Gasteiger partial charge in [0.1, 0.15) is 0 Å². The molecule has 12 heavy (non-hydrogen) atoms. The Hall–Kier alpha value is -0.520. The summed E-state index contributed by atoms with van der Waals surface area (Å²) in [5, 5.41) is 15.8. The Bertz CT molecular complexity index is 238. The molecular formula is C7H13N3OS. The van der Waals surface area contributed by atoms with Gasteiger partial charge in [0.25, 0.3) is 0 Å². The summed E-state index contributed by atoms with van der Waals surface area (Å²) in [6.07, 6.45) is 0. The maximum atomic E-state index is 8.74. The molecule has 0 aromatic carbocycles. The molecule has 1 unspecified atom stereocenters. The predicted octanol–water partition coefficient (Wildman–Crippen LogP) is 0.317. The van der Waals surface area contributed by atoms with Gasteiger partial charge in [-0.15, -0.1) is 5.10 Å². The molecule has 0 saturated heterocycles. The van der Waals surface area contributed by atoms with Crippen molar-refractivity contribution in [2.45, 2.75) is 26.4 Å². The fraction of sp³-hybridized carbons (Fsp3) is 0.714. The molecule has 0 spiro atoms. The number of hydrogen-bond donors (Lipinski definition) is 2. The molecule has 1 aromatic heterocycles. The Morgan fingerprint density at radius 1 is 1.67 bits per heavy atom. The highest BCUT2D eigenvalue weighted by molar-refractivity contribution is 7.05. The molecule has 68 valence electrons. The first-order chi connectivity index (χ1) is 5.74. The van der Waals surface area contributed by atoms with E-state index in [4.69, 9.17) is 5.11 Å². The van der Waals surface area contributed by atoms with E-state index in [0.717, 1.165) is 17.1 Å². The topological polar surface area (TPSA) is 58.0 Å². The maximum Gasteiger partial charge on any atom is 0.0769 e. The first kappa shape index (κ1) is 9.57. The quantitative estimate of drug-likeness (QED) is 0.712. The SMILES string of the molecule is Cc1nnsc1CNC(C)CO. The first-order valence-corrected chi connectivity index (χ1v) is 4.63. The van der Waals surface area contributed by atoms with Gasteiger partial charge in [0, 0.05) is 12.6 Å². The number of aliphatic hydroxyl groups excluding tert-OH is 1. The van der Waals surface area contributed by atoms with Crippen LogP contribution in [-0.4, -0.2) is 27.3 Å². The summed E-state index contributed by atoms with van der Waals surface area (Å²) in [6.45, 7) is 4.77. The van der Waals surface area contributed by atoms with Crippen LogP contribution in [0, 0.1) is 6.92 Å². The van der Waals surface area contributed by atoms with Gasteiger partial charge in [-0.1, -0.05) is 4.49 Å². The normalized spacial score (nSPS) is 13.2. The van der Waals surface area contributed by atoms with Gasteiger partial charge < -0.3 is 10.4 Å². The van der Waals surface area contributed by atoms with E-state index in [1.807, 2.05) is 13.8 Å². The van der Waals surface area contributed by atoms with Crippen LogP contribution in [0.3, 0.4) is 0 Å². The number of hydrogen-bond acceptors (Lipinski definition) is 5. The Kier molecular flexibility index (Phi) is 3.58. The van der Waals surface area contributed by atoms with E-state index in [1.165, 1.54) is 11.5 Å². The molecule has 1 rings (SSSR count). The standard InChI is InChI=1S/C7H13N3OS/c1-5(4-11)8-3-7-6(2)9-10-12-7/h5,8,11H,3-4H2,1-2H3. The summed E-state index contributed by atoms with van der Waals surface area (Å²) in [4.78, 5) is 1.13. The second-order valence-corrected chi connectivity index (χ2v) is 3.58. The summed E-state index contributed by atoms with van der Waals surface area (Å²) in [7, 11) is 0. The van der Waals surface area contributed by atoms with Crippen LogP contribution in [0.4, 0.5) is 0 Å². The van der Waals surface area contributed by atoms with E-state index in [-0.39, 0.29) is 12.6 Å². The lowest BCUT2D eigenvalue weighted by atomic mass is 10.3. The number of rotatable bonds is 4. The van der Waals surface area contributed by atoms with Gasteiger partial charge in [0.05, 0.1) is 17.2 Å². The predicted molar refractivity (Wildman–Crippen MR) is 48.0 cm³/mol. The first-order valence-electron chi connectivity index (χ1n) is 3.86. The third-order valence-electron chi connectivity index (χ3n) is 1.63. The molecule has 1 aromatic rings. The van der Waals surface area contributed by atoms with Crippen LogP contribution in [0.1, 0.15) is 17.5 Å². The lowest BCUT2D eigenvalue weighted by molar-refractivity contribution is 0.251. The fourth-order valence-corrected chi connectivity index (χ4v) is 1.33. The number of aromatic nitrogens is 2. The van der Waals surface area contributed by atoms with Gasteiger partial charge in [-0.05, 0) is 25.4 Å². The zero-order chi connectivity index (χ0) is 8.97. The summed E-state index contributed by atoms with van der Waals surface area (Å²) in [5.74, 6) is 0. The molecule has 1 atom stereocenters. The van der Waals surface area contributed by atoms with E-state index in [2.05, 4.69) is 14.9 Å². The van der Waals surface area contributed by atoms with E-state index in [0.29, 0.717) is 0 Å². The second-order valence-electron chi connectivity index (χ2n) is 2.75. The van der Waals surface area contributed by atoms with Crippen molar-refractivity contribution in [1.29, 1.82) is 0 Å². The largest absolute Gasteiger partial charge is 0.395 e.